The van der Waals surface area contributed by atoms with Gasteiger partial charge in [0.2, 0.25) is 6.10 Å². The van der Waals surface area contributed by atoms with Gasteiger partial charge in [-0.2, -0.15) is 0 Å². The van der Waals surface area contributed by atoms with Crippen LogP contribution in [0.2, 0.25) is 0 Å². The van der Waals surface area contributed by atoms with E-state index in [1.807, 2.05) is 45.0 Å². The molecule has 23 heavy (non-hydrogen) atoms. The number of carbonyl (C=O) groups excluding carboxylic acids is 1. The summed E-state index contributed by atoms with van der Waals surface area (Å²) >= 11 is 0. The molecular formula is C17H21N3O3. The topological polar surface area (TPSA) is 67.5 Å². The van der Waals surface area contributed by atoms with Gasteiger partial charge < -0.3 is 19.4 Å². The van der Waals surface area contributed by atoms with Crippen LogP contribution in [-0.2, 0) is 11.3 Å². The third kappa shape index (κ3) is 3.31. The number of hydrogen-bond acceptors (Lipinski definition) is 4. The highest BCUT2D eigenvalue weighted by molar-refractivity contribution is 5.82. The molecule has 3 rings (SSSR count). The number of aromatic amines is 1. The monoisotopic (exact) mass is 315 g/mol. The third-order valence-electron chi connectivity index (χ3n) is 3.72. The molecule has 1 aliphatic heterocycles. The molecule has 1 amide bonds. The predicted octanol–water partition coefficient (Wildman–Crippen LogP) is 2.38. The van der Waals surface area contributed by atoms with Gasteiger partial charge in [0.1, 0.15) is 12.4 Å². The van der Waals surface area contributed by atoms with E-state index in [4.69, 9.17) is 9.47 Å². The van der Waals surface area contributed by atoms with Crippen LogP contribution in [-0.4, -0.2) is 39.0 Å². The molecule has 0 unspecified atom stereocenters. The molecule has 1 N–H and O–H groups in total. The van der Waals surface area contributed by atoms with Crippen molar-refractivity contribution in [2.45, 2.75) is 39.0 Å². The third-order valence-corrected chi connectivity index (χ3v) is 3.72. The van der Waals surface area contributed by atoms with E-state index in [-0.39, 0.29) is 18.1 Å². The zero-order chi connectivity index (χ0) is 16.4. The Bertz CT molecular complexity index is 677. The molecule has 0 bridgehead atoms. The maximum Gasteiger partial charge on any atom is 0.268 e. The van der Waals surface area contributed by atoms with Gasteiger partial charge in [-0.25, -0.2) is 4.98 Å². The molecule has 1 aromatic carbocycles. The zero-order valence-electron chi connectivity index (χ0n) is 13.6. The molecule has 1 aromatic heterocycles. The van der Waals surface area contributed by atoms with E-state index in [2.05, 4.69) is 9.97 Å². The van der Waals surface area contributed by atoms with Crippen molar-refractivity contribution in [3.63, 3.8) is 0 Å². The van der Waals surface area contributed by atoms with Crippen molar-refractivity contribution >= 4 is 5.91 Å². The van der Waals surface area contributed by atoms with Crippen molar-refractivity contribution in [1.29, 1.82) is 0 Å². The number of H-pyrrole nitrogens is 1. The number of para-hydroxylation sites is 2. The SMILES string of the molecule is CC(C)(C)N(Cc1ncc[nH]1)C(=O)[C@@H]1COc2ccccc2O1. The van der Waals surface area contributed by atoms with Crippen LogP contribution in [0.5, 0.6) is 11.5 Å². The van der Waals surface area contributed by atoms with Crippen LogP contribution < -0.4 is 9.47 Å². The first-order chi connectivity index (χ1) is 10.9. The summed E-state index contributed by atoms with van der Waals surface area (Å²) in [5.74, 6) is 1.91. The van der Waals surface area contributed by atoms with Crippen LogP contribution in [0.15, 0.2) is 36.7 Å². The van der Waals surface area contributed by atoms with Gasteiger partial charge in [-0.15, -0.1) is 0 Å². The van der Waals surface area contributed by atoms with E-state index in [0.29, 0.717) is 18.0 Å². The fraction of sp³-hybridized carbons (Fsp3) is 0.412. The van der Waals surface area contributed by atoms with Crippen molar-refractivity contribution in [3.8, 4) is 11.5 Å². The van der Waals surface area contributed by atoms with Crippen molar-refractivity contribution < 1.29 is 14.3 Å². The van der Waals surface area contributed by atoms with E-state index in [1.165, 1.54) is 0 Å². The van der Waals surface area contributed by atoms with Crippen LogP contribution in [0.3, 0.4) is 0 Å². The highest BCUT2D eigenvalue weighted by Gasteiger charge is 2.36. The van der Waals surface area contributed by atoms with Gasteiger partial charge in [0.15, 0.2) is 11.5 Å². The highest BCUT2D eigenvalue weighted by atomic mass is 16.6. The Labute approximate surface area is 135 Å². The number of carbonyl (C=O) groups is 1. The zero-order valence-corrected chi connectivity index (χ0v) is 13.6. The van der Waals surface area contributed by atoms with E-state index >= 15 is 0 Å². The molecule has 0 spiro atoms. The average Bonchev–Trinajstić information content (AvgIpc) is 3.03. The highest BCUT2D eigenvalue weighted by Crippen LogP contribution is 2.32. The maximum absolute atomic E-state index is 13.0. The largest absolute Gasteiger partial charge is 0.485 e. The molecule has 1 atom stereocenters. The number of amides is 1. The van der Waals surface area contributed by atoms with Gasteiger partial charge in [0.25, 0.3) is 5.91 Å². The molecule has 2 heterocycles. The quantitative estimate of drug-likeness (QED) is 0.944. The van der Waals surface area contributed by atoms with Gasteiger partial charge in [-0.1, -0.05) is 12.1 Å². The first kappa shape index (κ1) is 15.4. The number of nitrogens with one attached hydrogen (secondary N) is 1. The fourth-order valence-electron chi connectivity index (χ4n) is 2.49. The summed E-state index contributed by atoms with van der Waals surface area (Å²) in [6.07, 6.45) is 2.77. The number of benzene rings is 1. The average molecular weight is 315 g/mol. The van der Waals surface area contributed by atoms with Gasteiger partial charge in [-0.3, -0.25) is 4.79 Å². The van der Waals surface area contributed by atoms with Crippen molar-refractivity contribution in [2.75, 3.05) is 6.61 Å². The number of rotatable bonds is 3. The summed E-state index contributed by atoms with van der Waals surface area (Å²) in [6.45, 7) is 6.58. The lowest BCUT2D eigenvalue weighted by Crippen LogP contribution is -2.53. The second kappa shape index (κ2) is 5.95. The molecule has 0 radical (unpaired) electrons. The summed E-state index contributed by atoms with van der Waals surface area (Å²) in [6, 6.07) is 7.38. The molecule has 2 aromatic rings. The maximum atomic E-state index is 13.0. The van der Waals surface area contributed by atoms with E-state index in [0.717, 1.165) is 5.82 Å². The number of aromatic nitrogens is 2. The summed E-state index contributed by atoms with van der Waals surface area (Å²) in [5, 5.41) is 0. The van der Waals surface area contributed by atoms with Crippen LogP contribution in [0.1, 0.15) is 26.6 Å². The van der Waals surface area contributed by atoms with Crippen LogP contribution >= 0.6 is 0 Å². The second-order valence-corrected chi connectivity index (χ2v) is 6.50. The molecular weight excluding hydrogens is 294 g/mol. The number of imidazole rings is 1. The normalized spacial score (nSPS) is 16.9. The summed E-state index contributed by atoms with van der Waals surface area (Å²) in [4.78, 5) is 22.0. The van der Waals surface area contributed by atoms with Crippen LogP contribution in [0.4, 0.5) is 0 Å². The summed E-state index contributed by atoms with van der Waals surface area (Å²) in [7, 11) is 0. The Morgan fingerprint density at radius 3 is 2.74 bits per heavy atom. The van der Waals surface area contributed by atoms with Gasteiger partial charge in [0, 0.05) is 17.9 Å². The minimum atomic E-state index is -0.654. The lowest BCUT2D eigenvalue weighted by atomic mass is 10.0. The fourth-order valence-corrected chi connectivity index (χ4v) is 2.49. The smallest absolute Gasteiger partial charge is 0.268 e. The van der Waals surface area contributed by atoms with Crippen LogP contribution in [0, 0.1) is 0 Å². The number of ether oxygens (including phenoxy) is 2. The van der Waals surface area contributed by atoms with E-state index in [1.54, 1.807) is 17.3 Å². The first-order valence-corrected chi connectivity index (χ1v) is 7.63. The number of hydrogen-bond donors (Lipinski definition) is 1. The van der Waals surface area contributed by atoms with Crippen molar-refractivity contribution in [1.82, 2.24) is 14.9 Å². The molecule has 0 saturated heterocycles. The summed E-state index contributed by atoms with van der Waals surface area (Å²) < 4.78 is 11.5. The first-order valence-electron chi connectivity index (χ1n) is 7.63. The Kier molecular flexibility index (Phi) is 3.98. The lowest BCUT2D eigenvalue weighted by molar-refractivity contribution is -0.147. The Morgan fingerprint density at radius 1 is 1.35 bits per heavy atom. The standard InChI is InChI=1S/C17H21N3O3/c1-17(2,3)20(10-15-18-8-9-19-15)16(21)14-11-22-12-6-4-5-7-13(12)23-14/h4-9,14H,10-11H2,1-3H3,(H,18,19)/t14-/m0/s1. The number of fused-ring (bicyclic) bond motifs is 1. The Morgan fingerprint density at radius 2 is 2.09 bits per heavy atom. The van der Waals surface area contributed by atoms with Gasteiger partial charge in [0.05, 0.1) is 6.54 Å². The van der Waals surface area contributed by atoms with Crippen LogP contribution in [0.25, 0.3) is 0 Å². The van der Waals surface area contributed by atoms with Crippen molar-refractivity contribution in [2.24, 2.45) is 0 Å². The molecule has 0 saturated carbocycles. The minimum absolute atomic E-state index is 0.108. The van der Waals surface area contributed by atoms with Crippen molar-refractivity contribution in [3.05, 3.63) is 42.5 Å². The molecule has 6 nitrogen and oxygen atoms in total. The Balaban J connectivity index is 1.79. The molecule has 0 fully saturated rings. The molecule has 0 aliphatic carbocycles. The van der Waals surface area contributed by atoms with Gasteiger partial charge >= 0.3 is 0 Å². The number of nitrogens with zero attached hydrogens (tertiary/aromatic N) is 2. The molecule has 122 valence electrons. The summed E-state index contributed by atoms with van der Waals surface area (Å²) in [5.41, 5.74) is -0.357. The second-order valence-electron chi connectivity index (χ2n) is 6.50. The van der Waals surface area contributed by atoms with E-state index < -0.39 is 6.10 Å². The molecule has 1 aliphatic rings. The Hall–Kier alpha value is -2.50. The predicted molar refractivity (Wildman–Crippen MR) is 85.2 cm³/mol. The molecule has 6 heteroatoms. The minimum Gasteiger partial charge on any atom is -0.485 e. The lowest BCUT2D eigenvalue weighted by Gasteiger charge is -2.38. The van der Waals surface area contributed by atoms with E-state index in [9.17, 15) is 4.79 Å². The van der Waals surface area contributed by atoms with Gasteiger partial charge in [-0.05, 0) is 32.9 Å².